The van der Waals surface area contributed by atoms with Gasteiger partial charge in [-0.1, -0.05) is 23.9 Å². The average molecular weight is 369 g/mol. The molecule has 0 aliphatic heterocycles. The van der Waals surface area contributed by atoms with Crippen LogP contribution in [-0.2, 0) is 16.1 Å². The monoisotopic (exact) mass is 369 g/mol. The van der Waals surface area contributed by atoms with E-state index in [9.17, 15) is 4.79 Å². The molecule has 7 heteroatoms. The fraction of sp³-hybridized carbons (Fsp3) is 0.222. The summed E-state index contributed by atoms with van der Waals surface area (Å²) in [5.41, 5.74) is 2.51. The molecule has 0 atom stereocenters. The van der Waals surface area contributed by atoms with E-state index in [-0.39, 0.29) is 18.3 Å². The molecule has 5 nitrogen and oxygen atoms in total. The van der Waals surface area contributed by atoms with E-state index < -0.39 is 0 Å². The van der Waals surface area contributed by atoms with E-state index in [1.165, 1.54) is 23.0 Å². The van der Waals surface area contributed by atoms with Gasteiger partial charge in [-0.2, -0.15) is 5.26 Å². The van der Waals surface area contributed by atoms with Crippen molar-refractivity contribution in [2.75, 3.05) is 5.75 Å². The van der Waals surface area contributed by atoms with Crippen LogP contribution in [0.1, 0.15) is 21.6 Å². The number of ether oxygens (including phenoxy) is 1. The number of carbonyl (C=O) groups excluding carboxylic acids is 1. The minimum atomic E-state index is -0.316. The summed E-state index contributed by atoms with van der Waals surface area (Å²) in [4.78, 5) is 22.8. The van der Waals surface area contributed by atoms with Crippen molar-refractivity contribution in [1.29, 1.82) is 5.26 Å². The largest absolute Gasteiger partial charge is 0.460 e. The molecule has 1 aromatic carbocycles. The highest BCUT2D eigenvalue weighted by Crippen LogP contribution is 2.34. The van der Waals surface area contributed by atoms with Crippen LogP contribution in [0.15, 0.2) is 35.6 Å². The third kappa shape index (κ3) is 3.98. The van der Waals surface area contributed by atoms with Gasteiger partial charge in [0.1, 0.15) is 22.8 Å². The zero-order chi connectivity index (χ0) is 17.8. The lowest BCUT2D eigenvalue weighted by Gasteiger charge is -2.06. The number of thiophene rings is 1. The first kappa shape index (κ1) is 17.4. The van der Waals surface area contributed by atoms with Gasteiger partial charge in [-0.15, -0.1) is 11.3 Å². The van der Waals surface area contributed by atoms with Crippen molar-refractivity contribution < 1.29 is 9.53 Å². The fourth-order valence-corrected chi connectivity index (χ4v) is 4.24. The van der Waals surface area contributed by atoms with E-state index in [1.54, 1.807) is 29.5 Å². The first-order valence-electron chi connectivity index (χ1n) is 7.56. The second kappa shape index (κ2) is 7.64. The molecule has 126 valence electrons. The Balaban J connectivity index is 1.62. The van der Waals surface area contributed by atoms with E-state index in [0.29, 0.717) is 5.56 Å². The van der Waals surface area contributed by atoms with Crippen molar-refractivity contribution in [3.05, 3.63) is 52.2 Å². The van der Waals surface area contributed by atoms with Crippen LogP contribution < -0.4 is 0 Å². The highest BCUT2D eigenvalue weighted by molar-refractivity contribution is 8.00. The van der Waals surface area contributed by atoms with Crippen molar-refractivity contribution in [3.8, 4) is 6.07 Å². The maximum atomic E-state index is 12.0. The summed E-state index contributed by atoms with van der Waals surface area (Å²) in [5.74, 6) is -0.137. The van der Waals surface area contributed by atoms with E-state index >= 15 is 0 Å². The third-order valence-electron chi connectivity index (χ3n) is 3.71. The molecule has 0 bridgehead atoms. The normalized spacial score (nSPS) is 10.6. The topological polar surface area (TPSA) is 75.9 Å². The molecule has 25 heavy (non-hydrogen) atoms. The Kier molecular flexibility index (Phi) is 5.31. The number of hydrogen-bond donors (Lipinski definition) is 0. The van der Waals surface area contributed by atoms with E-state index in [0.717, 1.165) is 26.4 Å². The van der Waals surface area contributed by atoms with E-state index in [1.807, 2.05) is 13.0 Å². The highest BCUT2D eigenvalue weighted by atomic mass is 32.2. The van der Waals surface area contributed by atoms with Crippen LogP contribution in [0.2, 0.25) is 0 Å². The Morgan fingerprint density at radius 3 is 3.00 bits per heavy atom. The number of aryl methyl sites for hydroxylation is 2. The van der Waals surface area contributed by atoms with Crippen LogP contribution >= 0.6 is 23.1 Å². The maximum Gasteiger partial charge on any atom is 0.316 e. The van der Waals surface area contributed by atoms with Crippen molar-refractivity contribution in [3.63, 3.8) is 0 Å². The minimum Gasteiger partial charge on any atom is -0.460 e. The van der Waals surface area contributed by atoms with Gasteiger partial charge in [0.2, 0.25) is 0 Å². The Labute approximate surface area is 153 Å². The number of nitrogens with zero attached hydrogens (tertiary/aromatic N) is 3. The van der Waals surface area contributed by atoms with Crippen LogP contribution in [0, 0.1) is 25.2 Å². The summed E-state index contributed by atoms with van der Waals surface area (Å²) in [5, 5.41) is 10.7. The van der Waals surface area contributed by atoms with Crippen LogP contribution in [-0.4, -0.2) is 21.7 Å². The van der Waals surface area contributed by atoms with Gasteiger partial charge >= 0.3 is 5.97 Å². The quantitative estimate of drug-likeness (QED) is 0.384. The molecule has 0 aliphatic rings. The number of rotatable bonds is 5. The Bertz CT molecular complexity index is 976. The summed E-state index contributed by atoms with van der Waals surface area (Å²) in [7, 11) is 0. The second-order valence-electron chi connectivity index (χ2n) is 5.40. The number of fused-ring (bicyclic) bond motifs is 1. The van der Waals surface area contributed by atoms with Crippen molar-refractivity contribution in [2.24, 2.45) is 0 Å². The molecule has 2 aromatic heterocycles. The average Bonchev–Trinajstić information content (AvgIpc) is 2.93. The lowest BCUT2D eigenvalue weighted by molar-refractivity contribution is -0.141. The molecule has 0 aliphatic carbocycles. The highest BCUT2D eigenvalue weighted by Gasteiger charge is 2.14. The van der Waals surface area contributed by atoms with Gasteiger partial charge in [-0.3, -0.25) is 4.79 Å². The Morgan fingerprint density at radius 2 is 2.20 bits per heavy atom. The number of aromatic nitrogens is 2. The van der Waals surface area contributed by atoms with Gasteiger partial charge in [-0.25, -0.2) is 9.97 Å². The number of benzene rings is 1. The lowest BCUT2D eigenvalue weighted by Crippen LogP contribution is -2.07. The molecule has 0 saturated heterocycles. The van der Waals surface area contributed by atoms with Gasteiger partial charge < -0.3 is 4.74 Å². The first-order chi connectivity index (χ1) is 12.1. The van der Waals surface area contributed by atoms with Crippen LogP contribution in [0.25, 0.3) is 10.2 Å². The van der Waals surface area contributed by atoms with Crippen LogP contribution in [0.3, 0.4) is 0 Å². The molecule has 0 radical (unpaired) electrons. The fourth-order valence-electron chi connectivity index (χ4n) is 2.32. The Hall–Kier alpha value is -2.43. The molecule has 3 aromatic rings. The number of hydrogen-bond acceptors (Lipinski definition) is 7. The number of nitriles is 1. The molecule has 0 N–H and O–H groups in total. The van der Waals surface area contributed by atoms with Crippen molar-refractivity contribution >= 4 is 39.3 Å². The second-order valence-corrected chi connectivity index (χ2v) is 7.57. The van der Waals surface area contributed by atoms with E-state index in [4.69, 9.17) is 10.00 Å². The predicted molar refractivity (Wildman–Crippen MR) is 98.6 cm³/mol. The third-order valence-corrected chi connectivity index (χ3v) is 5.79. The molecule has 2 heterocycles. The smallest absolute Gasteiger partial charge is 0.316 e. The summed E-state index contributed by atoms with van der Waals surface area (Å²) >= 11 is 2.99. The zero-order valence-corrected chi connectivity index (χ0v) is 15.4. The zero-order valence-electron chi connectivity index (χ0n) is 13.8. The number of esters is 1. The van der Waals surface area contributed by atoms with Gasteiger partial charge in [0.15, 0.2) is 0 Å². The molecule has 0 unspecified atom stereocenters. The van der Waals surface area contributed by atoms with E-state index in [2.05, 4.69) is 23.0 Å². The summed E-state index contributed by atoms with van der Waals surface area (Å²) in [6.45, 7) is 4.26. The van der Waals surface area contributed by atoms with Crippen molar-refractivity contribution in [2.45, 2.75) is 25.5 Å². The van der Waals surface area contributed by atoms with Gasteiger partial charge in [0.05, 0.1) is 17.4 Å². The maximum absolute atomic E-state index is 12.0. The predicted octanol–water partition coefficient (Wildman–Crippen LogP) is 4.02. The Morgan fingerprint density at radius 1 is 1.36 bits per heavy atom. The van der Waals surface area contributed by atoms with Gasteiger partial charge in [0.25, 0.3) is 0 Å². The summed E-state index contributed by atoms with van der Waals surface area (Å²) in [6.07, 6.45) is 1.53. The van der Waals surface area contributed by atoms with Gasteiger partial charge in [-0.05, 0) is 37.1 Å². The standard InChI is InChI=1S/C18H15N3O2S2/c1-11-12(2)25-18-16(11)17(20-10-21-18)24-9-15(22)23-8-14-5-3-4-13(6-14)7-19/h3-6,10H,8-9H2,1-2H3. The summed E-state index contributed by atoms with van der Waals surface area (Å²) < 4.78 is 5.29. The minimum absolute atomic E-state index is 0.157. The first-order valence-corrected chi connectivity index (χ1v) is 9.37. The van der Waals surface area contributed by atoms with Crippen molar-refractivity contribution in [1.82, 2.24) is 9.97 Å². The van der Waals surface area contributed by atoms with Crippen LogP contribution in [0.5, 0.6) is 0 Å². The lowest BCUT2D eigenvalue weighted by atomic mass is 10.1. The molecule has 0 fully saturated rings. The number of thioether (sulfide) groups is 1. The van der Waals surface area contributed by atoms with Crippen LogP contribution in [0.4, 0.5) is 0 Å². The number of carbonyl (C=O) groups is 1. The molecule has 0 saturated carbocycles. The SMILES string of the molecule is Cc1sc2ncnc(SCC(=O)OCc3cccc(C#N)c3)c2c1C. The molecular formula is C18H15N3O2S2. The molecule has 0 amide bonds. The summed E-state index contributed by atoms with van der Waals surface area (Å²) in [6, 6.07) is 9.10. The van der Waals surface area contributed by atoms with Gasteiger partial charge in [0, 0.05) is 10.3 Å². The molecular weight excluding hydrogens is 354 g/mol. The molecule has 3 rings (SSSR count). The molecule has 0 spiro atoms.